The Morgan fingerprint density at radius 2 is 1.78 bits per heavy atom. The Hall–Kier alpha value is -2.75. The molecule has 0 radical (unpaired) electrons. The summed E-state index contributed by atoms with van der Waals surface area (Å²) in [7, 11) is 0. The maximum absolute atomic E-state index is 12.6. The van der Waals surface area contributed by atoms with Gasteiger partial charge in [-0.25, -0.2) is 4.98 Å². The molecule has 1 aromatic carbocycles. The fourth-order valence-corrected chi connectivity index (χ4v) is 5.72. The second kappa shape index (κ2) is 11.3. The lowest BCUT2D eigenvalue weighted by atomic mass is 10.0. The molecule has 0 saturated carbocycles. The normalized spacial score (nSPS) is 17.2. The summed E-state index contributed by atoms with van der Waals surface area (Å²) >= 11 is 1.57. The van der Waals surface area contributed by atoms with Gasteiger partial charge in [0, 0.05) is 49.5 Å². The number of nitrogens with zero attached hydrogens (tertiary/aromatic N) is 4. The number of carbonyl (C=O) groups excluding carboxylic acids is 1. The molecular weight excluding hydrogens is 486 g/mol. The van der Waals surface area contributed by atoms with E-state index >= 15 is 0 Å². The monoisotopic (exact) mass is 523 g/mol. The molecule has 5 rings (SSSR count). The van der Waals surface area contributed by atoms with Gasteiger partial charge in [-0.15, -0.1) is 11.3 Å². The number of carbonyl (C=O) groups is 1. The van der Waals surface area contributed by atoms with Crippen molar-refractivity contribution in [2.45, 2.75) is 45.6 Å². The van der Waals surface area contributed by atoms with Crippen molar-refractivity contribution in [3.05, 3.63) is 41.5 Å². The molecule has 3 aromatic rings. The highest BCUT2D eigenvalue weighted by Crippen LogP contribution is 2.37. The van der Waals surface area contributed by atoms with E-state index in [2.05, 4.69) is 59.9 Å². The minimum atomic E-state index is -0.194. The molecule has 0 atom stereocenters. The van der Waals surface area contributed by atoms with Gasteiger partial charge in [-0.05, 0) is 51.7 Å². The summed E-state index contributed by atoms with van der Waals surface area (Å²) in [5.74, 6) is 0.525. The largest absolute Gasteiger partial charge is 0.381 e. The third-order valence-corrected chi connectivity index (χ3v) is 7.90. The summed E-state index contributed by atoms with van der Waals surface area (Å²) < 4.78 is 13.0. The first-order chi connectivity index (χ1) is 17.9. The molecule has 0 aliphatic carbocycles. The first kappa shape index (κ1) is 25.9. The number of rotatable bonds is 7. The van der Waals surface area contributed by atoms with Crippen LogP contribution in [0.3, 0.4) is 0 Å². The number of ether oxygens (including phenoxy) is 2. The van der Waals surface area contributed by atoms with E-state index in [0.29, 0.717) is 12.5 Å². The van der Waals surface area contributed by atoms with Gasteiger partial charge >= 0.3 is 0 Å². The van der Waals surface area contributed by atoms with Crippen LogP contribution >= 0.6 is 11.3 Å². The average Bonchev–Trinajstić information content (AvgIpc) is 3.56. The van der Waals surface area contributed by atoms with Crippen LogP contribution in [0.2, 0.25) is 0 Å². The summed E-state index contributed by atoms with van der Waals surface area (Å²) in [6.45, 7) is 12.1. The van der Waals surface area contributed by atoms with E-state index < -0.39 is 0 Å². The van der Waals surface area contributed by atoms with Crippen LogP contribution in [-0.4, -0.2) is 66.7 Å². The average molecular weight is 524 g/mol. The van der Waals surface area contributed by atoms with Crippen LogP contribution in [0.25, 0.3) is 21.8 Å². The minimum Gasteiger partial charge on any atom is -0.381 e. The van der Waals surface area contributed by atoms with Gasteiger partial charge in [0.2, 0.25) is 5.91 Å². The summed E-state index contributed by atoms with van der Waals surface area (Å²) in [6, 6.07) is 8.71. The van der Waals surface area contributed by atoms with Gasteiger partial charge in [0.25, 0.3) is 0 Å². The van der Waals surface area contributed by atoms with Gasteiger partial charge in [0.05, 0.1) is 48.3 Å². The second-order valence-corrected chi connectivity index (χ2v) is 11.7. The predicted molar refractivity (Wildman–Crippen MR) is 147 cm³/mol. The third-order valence-electron chi connectivity index (χ3n) is 6.97. The maximum atomic E-state index is 12.6. The Labute approximate surface area is 223 Å². The highest BCUT2D eigenvalue weighted by molar-refractivity contribution is 7.13. The molecule has 0 spiro atoms. The van der Waals surface area contributed by atoms with Gasteiger partial charge in [0.15, 0.2) is 0 Å². The molecule has 2 fully saturated rings. The van der Waals surface area contributed by atoms with E-state index in [9.17, 15) is 4.79 Å². The molecule has 8 nitrogen and oxygen atoms in total. The predicted octanol–water partition coefficient (Wildman–Crippen LogP) is 4.35. The minimum absolute atomic E-state index is 0.0210. The molecule has 9 heteroatoms. The number of nitrogens with one attached hydrogen (secondary N) is 1. The first-order valence-electron chi connectivity index (χ1n) is 13.2. The van der Waals surface area contributed by atoms with E-state index in [1.807, 2.05) is 11.6 Å². The van der Waals surface area contributed by atoms with Crippen LogP contribution in [0.4, 0.5) is 5.69 Å². The molecule has 37 heavy (non-hydrogen) atoms. The van der Waals surface area contributed by atoms with E-state index in [1.165, 1.54) is 5.69 Å². The molecule has 2 aliphatic heterocycles. The quantitative estimate of drug-likeness (QED) is 0.496. The number of hydrogen-bond acceptors (Lipinski definition) is 7. The Morgan fingerprint density at radius 1 is 1.08 bits per heavy atom. The van der Waals surface area contributed by atoms with E-state index in [4.69, 9.17) is 19.6 Å². The number of benzene rings is 1. The fraction of sp³-hybridized carbons (Fsp3) is 0.536. The number of morpholine rings is 1. The van der Waals surface area contributed by atoms with Crippen LogP contribution in [0.15, 0.2) is 35.8 Å². The topological polar surface area (TPSA) is 81.5 Å². The Bertz CT molecular complexity index is 1190. The van der Waals surface area contributed by atoms with Crippen LogP contribution in [0.1, 0.15) is 39.3 Å². The fourth-order valence-electron chi connectivity index (χ4n) is 4.89. The molecule has 0 unspecified atom stereocenters. The van der Waals surface area contributed by atoms with Crippen LogP contribution in [0, 0.1) is 5.92 Å². The SMILES string of the molecule is CC(C)(C)n1ncc(-c2nc(CC(=O)NCC3CCOCC3)cs2)c1-c1ccc(N2CCOCC2)cc1. The summed E-state index contributed by atoms with van der Waals surface area (Å²) in [4.78, 5) is 19.8. The number of thiazole rings is 1. The van der Waals surface area contributed by atoms with Crippen molar-refractivity contribution in [3.63, 3.8) is 0 Å². The maximum Gasteiger partial charge on any atom is 0.226 e. The zero-order chi connectivity index (χ0) is 25.8. The van der Waals surface area contributed by atoms with Crippen molar-refractivity contribution in [1.82, 2.24) is 20.1 Å². The standard InChI is InChI=1S/C28H37N5O3S/c1-28(2,3)33-26(21-4-6-23(7-5-21)32-10-14-36-15-11-32)24(18-30-33)27-31-22(19-37-27)16-25(34)29-17-20-8-12-35-13-9-20/h4-7,18-20H,8-17H2,1-3H3,(H,29,34). The lowest BCUT2D eigenvalue weighted by molar-refractivity contribution is -0.120. The van der Waals surface area contributed by atoms with Gasteiger partial charge in [-0.1, -0.05) is 12.1 Å². The van der Waals surface area contributed by atoms with Gasteiger partial charge in [-0.2, -0.15) is 5.10 Å². The zero-order valence-electron chi connectivity index (χ0n) is 22.0. The Balaban J connectivity index is 1.34. The molecule has 1 N–H and O–H groups in total. The summed E-state index contributed by atoms with van der Waals surface area (Å²) in [5.41, 5.74) is 4.95. The number of anilines is 1. The summed E-state index contributed by atoms with van der Waals surface area (Å²) in [5, 5.41) is 10.7. The van der Waals surface area contributed by atoms with Crippen LogP contribution in [0.5, 0.6) is 0 Å². The smallest absolute Gasteiger partial charge is 0.226 e. The zero-order valence-corrected chi connectivity index (χ0v) is 22.9. The van der Waals surface area contributed by atoms with Crippen LogP contribution < -0.4 is 10.2 Å². The molecule has 0 bridgehead atoms. The van der Waals surface area contributed by atoms with Crippen LogP contribution in [-0.2, 0) is 26.2 Å². The van der Waals surface area contributed by atoms with Crippen molar-refractivity contribution >= 4 is 22.9 Å². The Kier molecular flexibility index (Phi) is 7.92. The van der Waals surface area contributed by atoms with Gasteiger partial charge < -0.3 is 19.7 Å². The lowest BCUT2D eigenvalue weighted by Gasteiger charge is -2.29. The molecule has 2 aliphatic rings. The van der Waals surface area contributed by atoms with Crippen molar-refractivity contribution in [3.8, 4) is 21.8 Å². The highest BCUT2D eigenvalue weighted by atomic mass is 32.1. The molecule has 2 saturated heterocycles. The number of aromatic nitrogens is 3. The van der Waals surface area contributed by atoms with E-state index in [1.54, 1.807) is 11.3 Å². The van der Waals surface area contributed by atoms with Gasteiger partial charge in [-0.3, -0.25) is 9.48 Å². The van der Waals surface area contributed by atoms with Crippen molar-refractivity contribution in [2.75, 3.05) is 51.0 Å². The highest BCUT2D eigenvalue weighted by Gasteiger charge is 2.25. The number of amides is 1. The number of hydrogen-bond donors (Lipinski definition) is 1. The first-order valence-corrected chi connectivity index (χ1v) is 14.1. The lowest BCUT2D eigenvalue weighted by Crippen LogP contribution is -2.36. The summed E-state index contributed by atoms with van der Waals surface area (Å²) in [6.07, 6.45) is 4.21. The molecular formula is C28H37N5O3S. The van der Waals surface area contributed by atoms with Crippen molar-refractivity contribution in [1.29, 1.82) is 0 Å². The Morgan fingerprint density at radius 3 is 2.49 bits per heavy atom. The van der Waals surface area contributed by atoms with Gasteiger partial charge in [0.1, 0.15) is 5.01 Å². The molecule has 198 valence electrons. The molecule has 1 amide bonds. The van der Waals surface area contributed by atoms with E-state index in [-0.39, 0.29) is 17.9 Å². The molecule has 2 aromatic heterocycles. The van der Waals surface area contributed by atoms with Crippen molar-refractivity contribution in [2.24, 2.45) is 5.92 Å². The molecule has 4 heterocycles. The third kappa shape index (κ3) is 6.22. The van der Waals surface area contributed by atoms with E-state index in [0.717, 1.165) is 79.9 Å². The van der Waals surface area contributed by atoms with Crippen molar-refractivity contribution < 1.29 is 14.3 Å². The second-order valence-electron chi connectivity index (χ2n) is 10.8.